The molecule has 10 heteroatoms. The van der Waals surface area contributed by atoms with Crippen LogP contribution in [0, 0.1) is 6.92 Å². The van der Waals surface area contributed by atoms with Crippen molar-refractivity contribution in [3.8, 4) is 11.5 Å². The number of carbonyl (C=O) groups is 3. The minimum Gasteiger partial charge on any atom is -0.496 e. The van der Waals surface area contributed by atoms with E-state index in [-0.39, 0.29) is 21.0 Å². The number of hydrogen-bond acceptors (Lipinski definition) is 7. The maximum absolute atomic E-state index is 13.0. The number of carbonyl (C=O) groups excluding carboxylic acids is 3. The first-order valence-electron chi connectivity index (χ1n) is 9.61. The number of rotatable bonds is 7. The third-order valence-electron chi connectivity index (χ3n) is 4.73. The van der Waals surface area contributed by atoms with Gasteiger partial charge >= 0.3 is 5.97 Å². The van der Waals surface area contributed by atoms with E-state index in [0.29, 0.717) is 27.8 Å². The molecular formula is C23H21ClN2O6S. The van der Waals surface area contributed by atoms with Crippen molar-refractivity contribution in [1.29, 1.82) is 0 Å². The molecule has 1 heterocycles. The Bertz CT molecular complexity index is 1220. The maximum atomic E-state index is 13.0. The SMILES string of the molecule is COC(=O)c1c(NC(=O)c2cc(Cl)ccc2OC)sc(C(=O)Nc2ccccc2OC)c1C. The van der Waals surface area contributed by atoms with Gasteiger partial charge in [-0.05, 0) is 42.8 Å². The van der Waals surface area contributed by atoms with Gasteiger partial charge in [0.1, 0.15) is 16.5 Å². The van der Waals surface area contributed by atoms with E-state index >= 15 is 0 Å². The van der Waals surface area contributed by atoms with Crippen molar-refractivity contribution in [3.63, 3.8) is 0 Å². The quantitative estimate of drug-likeness (QED) is 0.453. The van der Waals surface area contributed by atoms with Crippen molar-refractivity contribution in [3.05, 3.63) is 69.1 Å². The lowest BCUT2D eigenvalue weighted by molar-refractivity contribution is 0.0601. The molecule has 0 fully saturated rings. The Kier molecular flexibility index (Phi) is 7.57. The lowest BCUT2D eigenvalue weighted by Gasteiger charge is -2.10. The predicted octanol–water partition coefficient (Wildman–Crippen LogP) is 5.02. The topological polar surface area (TPSA) is 103 Å². The summed E-state index contributed by atoms with van der Waals surface area (Å²) in [6.07, 6.45) is 0. The lowest BCUT2D eigenvalue weighted by Crippen LogP contribution is -2.15. The van der Waals surface area contributed by atoms with E-state index in [0.717, 1.165) is 11.3 Å². The smallest absolute Gasteiger partial charge is 0.341 e. The van der Waals surface area contributed by atoms with Crippen molar-refractivity contribution in [2.45, 2.75) is 6.92 Å². The number of hydrogen-bond donors (Lipinski definition) is 2. The van der Waals surface area contributed by atoms with Crippen LogP contribution in [0.5, 0.6) is 11.5 Å². The molecule has 1 aromatic heterocycles. The molecule has 0 spiro atoms. The second-order valence-electron chi connectivity index (χ2n) is 6.71. The number of anilines is 2. The monoisotopic (exact) mass is 488 g/mol. The van der Waals surface area contributed by atoms with Crippen molar-refractivity contribution < 1.29 is 28.6 Å². The van der Waals surface area contributed by atoms with Crippen LogP contribution in [0.4, 0.5) is 10.7 Å². The van der Waals surface area contributed by atoms with Crippen LogP contribution in [0.2, 0.25) is 5.02 Å². The third kappa shape index (κ3) is 5.10. The summed E-state index contributed by atoms with van der Waals surface area (Å²) >= 11 is 6.98. The molecule has 0 saturated heterocycles. The molecule has 0 aliphatic carbocycles. The van der Waals surface area contributed by atoms with Gasteiger partial charge in [0.2, 0.25) is 0 Å². The van der Waals surface area contributed by atoms with Gasteiger partial charge in [0, 0.05) is 5.02 Å². The van der Waals surface area contributed by atoms with Gasteiger partial charge in [0.25, 0.3) is 11.8 Å². The van der Waals surface area contributed by atoms with E-state index < -0.39 is 17.8 Å². The number of amides is 2. The highest BCUT2D eigenvalue weighted by Gasteiger charge is 2.27. The fraction of sp³-hybridized carbons (Fsp3) is 0.174. The van der Waals surface area contributed by atoms with Crippen LogP contribution in [-0.4, -0.2) is 39.1 Å². The number of para-hydroxylation sites is 2. The number of benzene rings is 2. The Balaban J connectivity index is 1.98. The van der Waals surface area contributed by atoms with E-state index in [1.54, 1.807) is 43.3 Å². The Hall–Kier alpha value is -3.56. The molecule has 3 rings (SSSR count). The number of nitrogens with one attached hydrogen (secondary N) is 2. The summed E-state index contributed by atoms with van der Waals surface area (Å²) in [5, 5.41) is 5.96. The molecule has 2 amide bonds. The van der Waals surface area contributed by atoms with Crippen molar-refractivity contribution in [1.82, 2.24) is 0 Å². The first kappa shape index (κ1) is 24.1. The van der Waals surface area contributed by atoms with Crippen LogP contribution >= 0.6 is 22.9 Å². The summed E-state index contributed by atoms with van der Waals surface area (Å²) in [6, 6.07) is 11.5. The van der Waals surface area contributed by atoms with Crippen LogP contribution < -0.4 is 20.1 Å². The molecule has 3 aromatic rings. The van der Waals surface area contributed by atoms with Gasteiger partial charge in [-0.1, -0.05) is 23.7 Å². The van der Waals surface area contributed by atoms with Crippen LogP contribution in [0.1, 0.15) is 36.0 Å². The summed E-state index contributed by atoms with van der Waals surface area (Å²) in [5.74, 6) is -0.923. The number of ether oxygens (including phenoxy) is 3. The van der Waals surface area contributed by atoms with Crippen LogP contribution in [0.25, 0.3) is 0 Å². The minimum atomic E-state index is -0.687. The average molecular weight is 489 g/mol. The molecule has 0 radical (unpaired) electrons. The van der Waals surface area contributed by atoms with Crippen LogP contribution in [0.15, 0.2) is 42.5 Å². The minimum absolute atomic E-state index is 0.0852. The zero-order valence-electron chi connectivity index (χ0n) is 18.3. The van der Waals surface area contributed by atoms with Crippen LogP contribution in [-0.2, 0) is 4.74 Å². The molecule has 2 N–H and O–H groups in total. The molecule has 0 saturated carbocycles. The average Bonchev–Trinajstić information content (AvgIpc) is 3.14. The van der Waals surface area contributed by atoms with Gasteiger partial charge < -0.3 is 24.8 Å². The van der Waals surface area contributed by atoms with E-state index in [1.165, 1.54) is 27.4 Å². The van der Waals surface area contributed by atoms with Crippen LogP contribution in [0.3, 0.4) is 0 Å². The molecule has 0 unspecified atom stereocenters. The van der Waals surface area contributed by atoms with Gasteiger partial charge in [-0.15, -0.1) is 11.3 Å². The normalized spacial score (nSPS) is 10.3. The van der Waals surface area contributed by atoms with Gasteiger partial charge in [-0.2, -0.15) is 0 Å². The number of halogens is 1. The molecule has 172 valence electrons. The highest BCUT2D eigenvalue weighted by molar-refractivity contribution is 7.19. The standard InChI is InChI=1S/C23H21ClN2O6S/c1-12-18(23(29)32-4)22(26-20(27)14-11-13(24)9-10-16(14)30-2)33-19(12)21(28)25-15-7-5-6-8-17(15)31-3/h5-11H,1-4H3,(H,25,28)(H,26,27). The predicted molar refractivity (Wildman–Crippen MR) is 127 cm³/mol. The highest BCUT2D eigenvalue weighted by atomic mass is 35.5. The second-order valence-corrected chi connectivity index (χ2v) is 8.16. The summed E-state index contributed by atoms with van der Waals surface area (Å²) in [7, 11) is 4.14. The molecule has 0 atom stereocenters. The molecule has 0 aliphatic rings. The summed E-state index contributed by atoms with van der Waals surface area (Å²) in [6.45, 7) is 1.61. The molecule has 8 nitrogen and oxygen atoms in total. The first-order chi connectivity index (χ1) is 15.8. The molecule has 0 aliphatic heterocycles. The fourth-order valence-electron chi connectivity index (χ4n) is 3.12. The zero-order valence-corrected chi connectivity index (χ0v) is 19.8. The maximum Gasteiger partial charge on any atom is 0.341 e. The number of esters is 1. The van der Waals surface area contributed by atoms with E-state index in [1.807, 2.05) is 0 Å². The van der Waals surface area contributed by atoms with Crippen molar-refractivity contribution in [2.75, 3.05) is 32.0 Å². The fourth-order valence-corrected chi connectivity index (χ4v) is 4.38. The largest absolute Gasteiger partial charge is 0.496 e. The molecule has 2 aromatic carbocycles. The molecule has 0 bridgehead atoms. The van der Waals surface area contributed by atoms with Gasteiger partial charge in [0.05, 0.1) is 43.0 Å². The Morgan fingerprint density at radius 1 is 0.909 bits per heavy atom. The van der Waals surface area contributed by atoms with Gasteiger partial charge in [-0.3, -0.25) is 9.59 Å². The number of methoxy groups -OCH3 is 3. The molecular weight excluding hydrogens is 468 g/mol. The van der Waals surface area contributed by atoms with E-state index in [2.05, 4.69) is 10.6 Å². The summed E-state index contributed by atoms with van der Waals surface area (Å²) in [4.78, 5) is 38.7. The van der Waals surface area contributed by atoms with E-state index in [9.17, 15) is 14.4 Å². The Labute approximate surface area is 199 Å². The Morgan fingerprint density at radius 3 is 2.27 bits per heavy atom. The summed E-state index contributed by atoms with van der Waals surface area (Å²) in [5.41, 5.74) is 1.09. The van der Waals surface area contributed by atoms with E-state index in [4.69, 9.17) is 25.8 Å². The van der Waals surface area contributed by atoms with Crippen molar-refractivity contribution in [2.24, 2.45) is 0 Å². The number of thiophene rings is 1. The third-order valence-corrected chi connectivity index (χ3v) is 6.17. The van der Waals surface area contributed by atoms with Gasteiger partial charge in [0.15, 0.2) is 0 Å². The first-order valence-corrected chi connectivity index (χ1v) is 10.8. The van der Waals surface area contributed by atoms with Gasteiger partial charge in [-0.25, -0.2) is 4.79 Å². The molecule has 33 heavy (non-hydrogen) atoms. The summed E-state index contributed by atoms with van der Waals surface area (Å²) < 4.78 is 15.4. The Morgan fingerprint density at radius 2 is 1.61 bits per heavy atom. The lowest BCUT2D eigenvalue weighted by atomic mass is 10.1. The highest BCUT2D eigenvalue weighted by Crippen LogP contribution is 2.36. The zero-order chi connectivity index (χ0) is 24.1. The second kappa shape index (κ2) is 10.4. The van der Waals surface area contributed by atoms with Crippen molar-refractivity contribution >= 4 is 51.4 Å².